The molecule has 10 nitrogen and oxygen atoms in total. The highest BCUT2D eigenvalue weighted by molar-refractivity contribution is 6.22. The Morgan fingerprint density at radius 3 is 2.47 bits per heavy atom. The number of benzene rings is 1. The van der Waals surface area contributed by atoms with Gasteiger partial charge in [0.25, 0.3) is 5.91 Å². The van der Waals surface area contributed by atoms with Gasteiger partial charge in [0.15, 0.2) is 11.4 Å². The van der Waals surface area contributed by atoms with E-state index in [1.807, 2.05) is 25.1 Å². The Labute approximate surface area is 209 Å². The van der Waals surface area contributed by atoms with Crippen LogP contribution in [-0.2, 0) is 27.3 Å². The van der Waals surface area contributed by atoms with Gasteiger partial charge in [0, 0.05) is 49.8 Å². The zero-order valence-corrected chi connectivity index (χ0v) is 20.9. The van der Waals surface area contributed by atoms with Gasteiger partial charge in [-0.25, -0.2) is 0 Å². The van der Waals surface area contributed by atoms with Gasteiger partial charge in [-0.3, -0.25) is 14.4 Å². The number of hydrogen-bond donors (Lipinski definition) is 6. The second-order valence-corrected chi connectivity index (χ2v) is 10.6. The van der Waals surface area contributed by atoms with E-state index in [1.165, 1.54) is 0 Å². The van der Waals surface area contributed by atoms with Gasteiger partial charge in [-0.05, 0) is 42.9 Å². The molecule has 4 rings (SSSR count). The number of aromatic hydroxyl groups is 1. The molecule has 0 unspecified atom stereocenters. The van der Waals surface area contributed by atoms with E-state index in [0.29, 0.717) is 30.1 Å². The van der Waals surface area contributed by atoms with Crippen LogP contribution in [0.1, 0.15) is 43.4 Å². The molecular weight excluding hydrogens is 466 g/mol. The number of amides is 1. The van der Waals surface area contributed by atoms with Crippen molar-refractivity contribution in [2.24, 2.45) is 23.5 Å². The van der Waals surface area contributed by atoms with Gasteiger partial charge in [-0.1, -0.05) is 13.8 Å². The van der Waals surface area contributed by atoms with Gasteiger partial charge in [0.2, 0.25) is 5.78 Å². The van der Waals surface area contributed by atoms with Crippen LogP contribution in [0.5, 0.6) is 5.75 Å². The largest absolute Gasteiger partial charge is 0.508 e. The first-order valence-electron chi connectivity index (χ1n) is 12.0. The number of fused-ring (bicyclic) bond motifs is 3. The monoisotopic (exact) mass is 499 g/mol. The maximum Gasteiger partial charge on any atom is 0.255 e. The highest BCUT2D eigenvalue weighted by Crippen LogP contribution is 2.53. The molecule has 0 aromatic heterocycles. The predicted molar refractivity (Wildman–Crippen MR) is 132 cm³/mol. The normalized spacial score (nSPS) is 25.6. The summed E-state index contributed by atoms with van der Waals surface area (Å²) < 4.78 is 0. The number of anilines is 1. The van der Waals surface area contributed by atoms with Gasteiger partial charge < -0.3 is 36.4 Å². The van der Waals surface area contributed by atoms with Crippen LogP contribution < -0.4 is 16.0 Å². The molecular formula is C26H33N3O7. The van der Waals surface area contributed by atoms with E-state index in [4.69, 9.17) is 5.73 Å². The lowest BCUT2D eigenvalue weighted by Gasteiger charge is -2.46. The summed E-state index contributed by atoms with van der Waals surface area (Å²) in [7, 11) is 3.68. The second-order valence-electron chi connectivity index (χ2n) is 10.6. The van der Waals surface area contributed by atoms with Crippen molar-refractivity contribution in [2.45, 2.75) is 45.3 Å². The Morgan fingerprint density at radius 1 is 1.22 bits per heavy atom. The van der Waals surface area contributed by atoms with Crippen molar-refractivity contribution in [1.82, 2.24) is 5.32 Å². The molecule has 1 aromatic carbocycles. The molecule has 3 aliphatic rings. The lowest BCUT2D eigenvalue weighted by atomic mass is 9.59. The number of ketones is 2. The van der Waals surface area contributed by atoms with Crippen molar-refractivity contribution in [3.05, 3.63) is 39.7 Å². The van der Waals surface area contributed by atoms with Crippen LogP contribution >= 0.6 is 0 Å². The fraction of sp³-hybridized carbons (Fsp3) is 0.500. The van der Waals surface area contributed by atoms with Crippen molar-refractivity contribution in [2.75, 3.05) is 25.5 Å². The molecule has 3 aliphatic carbocycles. The lowest BCUT2D eigenvalue weighted by molar-refractivity contribution is -0.147. The summed E-state index contributed by atoms with van der Waals surface area (Å²) in [6, 6.07) is 1.85. The number of nitrogens with zero attached hydrogens (tertiary/aromatic N) is 1. The molecule has 3 atom stereocenters. The average Bonchev–Trinajstić information content (AvgIpc) is 2.77. The van der Waals surface area contributed by atoms with Crippen LogP contribution in [0.4, 0.5) is 5.69 Å². The summed E-state index contributed by atoms with van der Waals surface area (Å²) in [6.45, 7) is 5.15. The maximum absolute atomic E-state index is 13.7. The number of aliphatic hydroxyl groups is 3. The first-order chi connectivity index (χ1) is 16.8. The average molecular weight is 500 g/mol. The third kappa shape index (κ3) is 3.75. The topological polar surface area (TPSA) is 173 Å². The molecule has 1 saturated carbocycles. The van der Waals surface area contributed by atoms with Crippen LogP contribution in [0.2, 0.25) is 0 Å². The highest BCUT2D eigenvalue weighted by Gasteiger charge is 2.60. The van der Waals surface area contributed by atoms with Crippen LogP contribution in [0.3, 0.4) is 0 Å². The summed E-state index contributed by atoms with van der Waals surface area (Å²) in [5.41, 5.74) is 3.78. The molecule has 7 N–H and O–H groups in total. The number of Topliss-reactive ketones (excluding diaryl/α,β-unsaturated/α-hetero) is 2. The SMILES string of the molecule is CC(C)CNCc1cc(N(C)C)c2c(c1O)C(O)=C1C(=O)[C@]3(O)C(O)=C(C(N)=O)C(=O)C[C@@H]3C[C@@H]1C2. The fourth-order valence-electron chi connectivity index (χ4n) is 5.75. The molecule has 1 aromatic rings. The number of rotatable bonds is 6. The molecule has 36 heavy (non-hydrogen) atoms. The Morgan fingerprint density at radius 2 is 1.89 bits per heavy atom. The van der Waals surface area contributed by atoms with E-state index < -0.39 is 52.0 Å². The van der Waals surface area contributed by atoms with E-state index >= 15 is 0 Å². The van der Waals surface area contributed by atoms with Gasteiger partial charge in [0.1, 0.15) is 22.8 Å². The Balaban J connectivity index is 1.88. The molecule has 194 valence electrons. The minimum absolute atomic E-state index is 0.105. The van der Waals surface area contributed by atoms with Crippen molar-refractivity contribution in [3.63, 3.8) is 0 Å². The number of primary amides is 1. The minimum Gasteiger partial charge on any atom is -0.508 e. The second kappa shape index (κ2) is 8.94. The summed E-state index contributed by atoms with van der Waals surface area (Å²) in [6.07, 6.45) is 0.0393. The number of hydrogen-bond acceptors (Lipinski definition) is 9. The van der Waals surface area contributed by atoms with Crippen molar-refractivity contribution < 1.29 is 34.8 Å². The molecule has 1 fully saturated rings. The van der Waals surface area contributed by atoms with E-state index in [1.54, 1.807) is 0 Å². The third-order valence-electron chi connectivity index (χ3n) is 7.47. The summed E-state index contributed by atoms with van der Waals surface area (Å²) in [5, 5.41) is 47.8. The quantitative estimate of drug-likeness (QED) is 0.315. The standard InChI is InChI=1S/C26H33N3O7/c1-11(2)9-28-10-13-7-16(29(3)4)15-6-12-5-14-8-17(30)20(25(27)35)24(34)26(14,36)23(33)18(12)22(32)19(15)21(13)31/h7,11-12,14,28,31-32,34,36H,5-6,8-10H2,1-4H3,(H2,27,35)/t12-,14+,26+/m1/s1. The Bertz CT molecular complexity index is 1230. The van der Waals surface area contributed by atoms with Crippen LogP contribution in [0, 0.1) is 17.8 Å². The number of nitrogens with two attached hydrogens (primary N) is 1. The van der Waals surface area contributed by atoms with Gasteiger partial charge in [-0.15, -0.1) is 0 Å². The van der Waals surface area contributed by atoms with E-state index in [2.05, 4.69) is 19.2 Å². The molecule has 0 spiro atoms. The molecule has 0 aliphatic heterocycles. The summed E-state index contributed by atoms with van der Waals surface area (Å²) >= 11 is 0. The van der Waals surface area contributed by atoms with Crippen LogP contribution in [0.25, 0.3) is 5.76 Å². The highest BCUT2D eigenvalue weighted by atomic mass is 16.3. The zero-order chi connectivity index (χ0) is 26.7. The van der Waals surface area contributed by atoms with Gasteiger partial charge in [-0.2, -0.15) is 0 Å². The molecule has 0 heterocycles. The number of carbonyl (C=O) groups is 3. The maximum atomic E-state index is 13.7. The van der Waals surface area contributed by atoms with Crippen LogP contribution in [0.15, 0.2) is 23.0 Å². The van der Waals surface area contributed by atoms with E-state index in [0.717, 1.165) is 5.69 Å². The summed E-state index contributed by atoms with van der Waals surface area (Å²) in [4.78, 5) is 39.8. The molecule has 0 radical (unpaired) electrons. The molecule has 0 bridgehead atoms. The number of nitrogens with one attached hydrogen (secondary N) is 1. The van der Waals surface area contributed by atoms with E-state index in [9.17, 15) is 34.8 Å². The zero-order valence-electron chi connectivity index (χ0n) is 20.9. The fourth-order valence-corrected chi connectivity index (χ4v) is 5.75. The Kier molecular flexibility index (Phi) is 6.38. The molecule has 0 saturated heterocycles. The number of aliphatic hydroxyl groups excluding tert-OH is 2. The molecule has 10 heteroatoms. The summed E-state index contributed by atoms with van der Waals surface area (Å²) in [5.74, 6) is -5.85. The first kappa shape index (κ1) is 25.7. The lowest BCUT2D eigenvalue weighted by Crippen LogP contribution is -2.58. The van der Waals surface area contributed by atoms with Crippen molar-refractivity contribution in [3.8, 4) is 5.75 Å². The minimum atomic E-state index is -2.56. The third-order valence-corrected chi connectivity index (χ3v) is 7.47. The smallest absolute Gasteiger partial charge is 0.255 e. The van der Waals surface area contributed by atoms with Crippen molar-refractivity contribution in [1.29, 1.82) is 0 Å². The van der Waals surface area contributed by atoms with Gasteiger partial charge >= 0.3 is 0 Å². The van der Waals surface area contributed by atoms with Crippen LogP contribution in [-0.4, -0.2) is 64.1 Å². The number of phenols is 1. The number of phenolic OH excluding ortho intramolecular Hbond substituents is 1. The van der Waals surface area contributed by atoms with Gasteiger partial charge in [0.05, 0.1) is 5.56 Å². The molecule has 1 amide bonds. The Hall–Kier alpha value is -3.37. The number of carbonyl (C=O) groups excluding carboxylic acids is 3. The van der Waals surface area contributed by atoms with E-state index in [-0.39, 0.29) is 36.1 Å². The van der Waals surface area contributed by atoms with Crippen molar-refractivity contribution >= 4 is 28.9 Å². The first-order valence-corrected chi connectivity index (χ1v) is 12.0. The predicted octanol–water partition coefficient (Wildman–Crippen LogP) is 1.24.